The second kappa shape index (κ2) is 7.31. The first kappa shape index (κ1) is 17.8. The van der Waals surface area contributed by atoms with E-state index in [-0.39, 0.29) is 12.5 Å². The minimum atomic E-state index is -0.108. The van der Waals surface area contributed by atoms with E-state index in [0.29, 0.717) is 22.6 Å². The Morgan fingerprint density at radius 3 is 2.79 bits per heavy atom. The van der Waals surface area contributed by atoms with Crippen LogP contribution >= 0.6 is 0 Å². The lowest BCUT2D eigenvalue weighted by atomic mass is 9.88. The van der Waals surface area contributed by atoms with Crippen molar-refractivity contribution in [3.05, 3.63) is 47.8 Å². The molecule has 7 nitrogen and oxygen atoms in total. The molecule has 5 rings (SSSR count). The molecule has 148 valence electrons. The maximum atomic E-state index is 13.0. The second-order valence-electron chi connectivity index (χ2n) is 7.82. The van der Waals surface area contributed by atoms with Gasteiger partial charge in [-0.1, -0.05) is 37.5 Å². The molecule has 1 fully saturated rings. The van der Waals surface area contributed by atoms with Gasteiger partial charge in [-0.15, -0.1) is 0 Å². The van der Waals surface area contributed by atoms with Crippen LogP contribution in [0, 0.1) is 6.92 Å². The highest BCUT2D eigenvalue weighted by Gasteiger charge is 2.24. The van der Waals surface area contributed by atoms with Gasteiger partial charge in [-0.05, 0) is 53.8 Å². The number of amides is 1. The van der Waals surface area contributed by atoms with Gasteiger partial charge in [0.05, 0.1) is 16.7 Å². The number of carbonyl (C=O) groups is 1. The molecule has 0 aliphatic heterocycles. The Morgan fingerprint density at radius 2 is 1.93 bits per heavy atom. The fraction of sp³-hybridized carbons (Fsp3) is 0.364. The summed E-state index contributed by atoms with van der Waals surface area (Å²) in [7, 11) is 0. The van der Waals surface area contributed by atoms with Gasteiger partial charge in [-0.25, -0.2) is 9.61 Å². The van der Waals surface area contributed by atoms with Gasteiger partial charge in [0.25, 0.3) is 0 Å². The maximum Gasteiger partial charge on any atom is 0.244 e. The highest BCUT2D eigenvalue weighted by molar-refractivity contribution is 6.00. The smallest absolute Gasteiger partial charge is 0.244 e. The molecule has 29 heavy (non-hydrogen) atoms. The summed E-state index contributed by atoms with van der Waals surface area (Å²) in [5.41, 5.74) is 4.71. The lowest BCUT2D eigenvalue weighted by Crippen LogP contribution is -2.22. The van der Waals surface area contributed by atoms with Gasteiger partial charge in [-0.2, -0.15) is 0 Å². The van der Waals surface area contributed by atoms with E-state index in [2.05, 4.69) is 20.2 Å². The Balaban J connectivity index is 1.48. The zero-order valence-electron chi connectivity index (χ0n) is 16.4. The van der Waals surface area contributed by atoms with Gasteiger partial charge in [0.2, 0.25) is 5.91 Å². The van der Waals surface area contributed by atoms with Crippen molar-refractivity contribution in [2.75, 3.05) is 5.32 Å². The number of para-hydroxylation sites is 2. The molecular formula is C22H23N5O2. The van der Waals surface area contributed by atoms with Crippen LogP contribution in [0.1, 0.15) is 49.4 Å². The fourth-order valence-corrected chi connectivity index (χ4v) is 4.37. The van der Waals surface area contributed by atoms with Gasteiger partial charge in [0.15, 0.2) is 5.52 Å². The predicted molar refractivity (Wildman–Crippen MR) is 111 cm³/mol. The molecule has 2 heterocycles. The third-order valence-corrected chi connectivity index (χ3v) is 5.86. The first-order valence-electron chi connectivity index (χ1n) is 10.2. The SMILES string of the molecule is Cc1ccc2nonc2c1NC(=O)Cn1c(C2CCCCC2)nc2ccccc21. The first-order valence-corrected chi connectivity index (χ1v) is 10.2. The fourth-order valence-electron chi connectivity index (χ4n) is 4.37. The van der Waals surface area contributed by atoms with Crippen LogP contribution in [0.25, 0.3) is 22.1 Å². The lowest BCUT2D eigenvalue weighted by Gasteiger charge is -2.22. The van der Waals surface area contributed by atoms with Crippen LogP contribution in [-0.4, -0.2) is 25.8 Å². The van der Waals surface area contributed by atoms with E-state index in [1.807, 2.05) is 43.3 Å². The van der Waals surface area contributed by atoms with Crippen molar-refractivity contribution in [3.63, 3.8) is 0 Å². The minimum Gasteiger partial charge on any atom is -0.322 e. The number of anilines is 1. The number of fused-ring (bicyclic) bond motifs is 2. The minimum absolute atomic E-state index is 0.108. The number of imidazole rings is 1. The summed E-state index contributed by atoms with van der Waals surface area (Å²) in [5, 5.41) is 10.8. The normalized spacial score (nSPS) is 15.2. The Morgan fingerprint density at radius 1 is 1.10 bits per heavy atom. The molecule has 1 aliphatic rings. The first-order chi connectivity index (χ1) is 14.2. The molecule has 2 aromatic heterocycles. The van der Waals surface area contributed by atoms with Crippen molar-refractivity contribution in [1.82, 2.24) is 19.9 Å². The van der Waals surface area contributed by atoms with E-state index in [1.165, 1.54) is 19.3 Å². The Hall–Kier alpha value is -3.22. The molecule has 0 spiro atoms. The number of nitrogens with one attached hydrogen (secondary N) is 1. The number of aryl methyl sites for hydroxylation is 1. The van der Waals surface area contributed by atoms with E-state index >= 15 is 0 Å². The third kappa shape index (κ3) is 3.26. The Labute approximate surface area is 168 Å². The number of carbonyl (C=O) groups excluding carboxylic acids is 1. The number of hydrogen-bond acceptors (Lipinski definition) is 5. The molecule has 0 unspecified atom stereocenters. The molecule has 0 atom stereocenters. The van der Waals surface area contributed by atoms with Gasteiger partial charge >= 0.3 is 0 Å². The van der Waals surface area contributed by atoms with Gasteiger partial charge in [-0.3, -0.25) is 4.79 Å². The summed E-state index contributed by atoms with van der Waals surface area (Å²) >= 11 is 0. The predicted octanol–water partition coefficient (Wildman–Crippen LogP) is 4.57. The molecule has 0 bridgehead atoms. The number of hydrogen-bond donors (Lipinski definition) is 1. The molecule has 7 heteroatoms. The topological polar surface area (TPSA) is 85.8 Å². The summed E-state index contributed by atoms with van der Waals surface area (Å²) < 4.78 is 6.92. The van der Waals surface area contributed by atoms with Crippen molar-refractivity contribution in [2.45, 2.75) is 51.5 Å². The molecule has 0 saturated heterocycles. The maximum absolute atomic E-state index is 13.0. The van der Waals surface area contributed by atoms with Crippen molar-refractivity contribution >= 4 is 33.7 Å². The van der Waals surface area contributed by atoms with E-state index < -0.39 is 0 Å². The van der Waals surface area contributed by atoms with Crippen LogP contribution in [0.5, 0.6) is 0 Å². The Bertz CT molecular complexity index is 1190. The molecule has 1 saturated carbocycles. The van der Waals surface area contributed by atoms with Crippen LogP contribution in [0.3, 0.4) is 0 Å². The number of aromatic nitrogens is 4. The average molecular weight is 389 g/mol. The van der Waals surface area contributed by atoms with Crippen molar-refractivity contribution in [3.8, 4) is 0 Å². The van der Waals surface area contributed by atoms with Crippen molar-refractivity contribution in [2.24, 2.45) is 0 Å². The van der Waals surface area contributed by atoms with Crippen LogP contribution in [0.15, 0.2) is 41.0 Å². The number of nitrogens with zero attached hydrogens (tertiary/aromatic N) is 4. The summed E-state index contributed by atoms with van der Waals surface area (Å²) in [4.78, 5) is 17.9. The zero-order chi connectivity index (χ0) is 19.8. The lowest BCUT2D eigenvalue weighted by molar-refractivity contribution is -0.116. The van der Waals surface area contributed by atoms with E-state index in [4.69, 9.17) is 9.61 Å². The quantitative estimate of drug-likeness (QED) is 0.553. The molecule has 1 amide bonds. The molecule has 4 aromatic rings. The molecule has 1 aliphatic carbocycles. The summed E-state index contributed by atoms with van der Waals surface area (Å²) in [5.74, 6) is 1.33. The monoisotopic (exact) mass is 389 g/mol. The zero-order valence-corrected chi connectivity index (χ0v) is 16.4. The average Bonchev–Trinajstić information content (AvgIpc) is 3.36. The van der Waals surface area contributed by atoms with Crippen LogP contribution < -0.4 is 5.32 Å². The highest BCUT2D eigenvalue weighted by atomic mass is 16.6. The van der Waals surface area contributed by atoms with Crippen LogP contribution in [0.4, 0.5) is 5.69 Å². The Kier molecular flexibility index (Phi) is 4.50. The molecule has 2 aromatic carbocycles. The van der Waals surface area contributed by atoms with Gasteiger partial charge in [0, 0.05) is 5.92 Å². The summed E-state index contributed by atoms with van der Waals surface area (Å²) in [6.45, 7) is 2.15. The van der Waals surface area contributed by atoms with E-state index in [9.17, 15) is 4.79 Å². The van der Waals surface area contributed by atoms with Crippen LogP contribution in [-0.2, 0) is 11.3 Å². The third-order valence-electron chi connectivity index (χ3n) is 5.86. The van der Waals surface area contributed by atoms with Crippen molar-refractivity contribution < 1.29 is 9.42 Å². The van der Waals surface area contributed by atoms with E-state index in [0.717, 1.165) is 35.3 Å². The molecule has 1 N–H and O–H groups in total. The molecular weight excluding hydrogens is 366 g/mol. The largest absolute Gasteiger partial charge is 0.322 e. The van der Waals surface area contributed by atoms with Gasteiger partial charge in [0.1, 0.15) is 17.9 Å². The number of rotatable bonds is 4. The van der Waals surface area contributed by atoms with Gasteiger partial charge < -0.3 is 9.88 Å². The van der Waals surface area contributed by atoms with Crippen LogP contribution in [0.2, 0.25) is 0 Å². The number of benzene rings is 2. The summed E-state index contributed by atoms with van der Waals surface area (Å²) in [6, 6.07) is 11.8. The van der Waals surface area contributed by atoms with Crippen molar-refractivity contribution in [1.29, 1.82) is 0 Å². The molecule has 0 radical (unpaired) electrons. The van der Waals surface area contributed by atoms with E-state index in [1.54, 1.807) is 0 Å². The highest BCUT2D eigenvalue weighted by Crippen LogP contribution is 2.34. The summed E-state index contributed by atoms with van der Waals surface area (Å²) in [6.07, 6.45) is 6.00. The standard InChI is InChI=1S/C22H23N5O2/c1-14-11-12-17-21(26-29-25-17)20(14)24-19(28)13-27-18-10-6-5-9-16(18)23-22(27)15-7-3-2-4-8-15/h5-6,9-12,15H,2-4,7-8,13H2,1H3,(H,24,28). The second-order valence-corrected chi connectivity index (χ2v) is 7.82.